The first-order valence-electron chi connectivity index (χ1n) is 6.10. The van der Waals surface area contributed by atoms with E-state index in [4.69, 9.17) is 5.73 Å². The molecule has 0 atom stereocenters. The molecule has 0 amide bonds. The number of hydrogen-bond acceptors (Lipinski definition) is 5. The van der Waals surface area contributed by atoms with Gasteiger partial charge in [0.05, 0.1) is 22.9 Å². The van der Waals surface area contributed by atoms with Crippen molar-refractivity contribution in [3.63, 3.8) is 0 Å². The minimum Gasteiger partial charge on any atom is -0.394 e. The number of hydrogen-bond donors (Lipinski definition) is 2. The molecule has 2 heterocycles. The van der Waals surface area contributed by atoms with Crippen LogP contribution in [0.3, 0.4) is 0 Å². The Hall–Kier alpha value is -1.56. The van der Waals surface area contributed by atoms with Crippen LogP contribution in [-0.2, 0) is 13.1 Å². The fourth-order valence-electron chi connectivity index (χ4n) is 1.81. The van der Waals surface area contributed by atoms with Gasteiger partial charge in [-0.1, -0.05) is 6.92 Å². The zero-order chi connectivity index (χ0) is 13.1. The lowest BCUT2D eigenvalue weighted by Crippen LogP contribution is -2.08. The molecule has 5 nitrogen and oxygen atoms in total. The first-order valence-corrected chi connectivity index (χ1v) is 6.91. The van der Waals surface area contributed by atoms with E-state index >= 15 is 0 Å². The summed E-state index contributed by atoms with van der Waals surface area (Å²) in [7, 11) is 0. The van der Waals surface area contributed by atoms with E-state index in [-0.39, 0.29) is 0 Å². The summed E-state index contributed by atoms with van der Waals surface area (Å²) in [6.45, 7) is 7.69. The van der Waals surface area contributed by atoms with Crippen molar-refractivity contribution < 1.29 is 0 Å². The Morgan fingerprint density at radius 2 is 2.22 bits per heavy atom. The zero-order valence-corrected chi connectivity index (χ0v) is 11.8. The maximum Gasteiger partial charge on any atom is 0.148 e. The van der Waals surface area contributed by atoms with E-state index in [0.717, 1.165) is 41.7 Å². The van der Waals surface area contributed by atoms with Gasteiger partial charge in [-0.3, -0.25) is 0 Å². The molecule has 0 saturated heterocycles. The summed E-state index contributed by atoms with van der Waals surface area (Å²) in [5.74, 6) is 0.917. The molecule has 2 aromatic heterocycles. The summed E-state index contributed by atoms with van der Waals surface area (Å²) in [5, 5.41) is 8.88. The summed E-state index contributed by atoms with van der Waals surface area (Å²) in [5.41, 5.74) is 7.67. The van der Waals surface area contributed by atoms with E-state index in [1.807, 2.05) is 24.7 Å². The topological polar surface area (TPSA) is 68.8 Å². The number of aromatic nitrogens is 3. The van der Waals surface area contributed by atoms with Crippen LogP contribution in [0, 0.1) is 13.8 Å². The Morgan fingerprint density at radius 3 is 2.83 bits per heavy atom. The molecular weight excluding hydrogens is 246 g/mol. The van der Waals surface area contributed by atoms with Crippen molar-refractivity contribution in [1.29, 1.82) is 0 Å². The zero-order valence-electron chi connectivity index (χ0n) is 11.0. The Balaban J connectivity index is 2.12. The van der Waals surface area contributed by atoms with Crippen LogP contribution in [0.15, 0.2) is 6.20 Å². The van der Waals surface area contributed by atoms with Gasteiger partial charge in [-0.25, -0.2) is 9.67 Å². The lowest BCUT2D eigenvalue weighted by Gasteiger charge is -2.08. The number of thiazole rings is 1. The first kappa shape index (κ1) is 12.9. The Kier molecular flexibility index (Phi) is 3.86. The van der Waals surface area contributed by atoms with Crippen LogP contribution in [0.25, 0.3) is 0 Å². The fourth-order valence-corrected chi connectivity index (χ4v) is 2.55. The quantitative estimate of drug-likeness (QED) is 0.871. The average molecular weight is 265 g/mol. The highest BCUT2D eigenvalue weighted by atomic mass is 32.1. The second kappa shape index (κ2) is 5.39. The maximum atomic E-state index is 6.04. The van der Waals surface area contributed by atoms with E-state index in [9.17, 15) is 0 Å². The van der Waals surface area contributed by atoms with E-state index in [2.05, 4.69) is 22.3 Å². The third-order valence-corrected chi connectivity index (χ3v) is 3.62. The normalized spacial score (nSPS) is 10.8. The highest BCUT2D eigenvalue weighted by Gasteiger charge is 2.11. The number of anilines is 2. The summed E-state index contributed by atoms with van der Waals surface area (Å²) < 4.78 is 1.94. The molecule has 98 valence electrons. The SMILES string of the molecule is CCCn1nc(C)c(N)c1NCc1cnc(C)s1. The molecule has 0 spiro atoms. The van der Waals surface area contributed by atoms with Crippen LogP contribution < -0.4 is 11.1 Å². The predicted molar refractivity (Wildman–Crippen MR) is 75.8 cm³/mol. The second-order valence-electron chi connectivity index (χ2n) is 4.27. The molecule has 0 aliphatic heterocycles. The number of nitrogens with zero attached hydrogens (tertiary/aromatic N) is 3. The minimum absolute atomic E-state index is 0.740. The summed E-state index contributed by atoms with van der Waals surface area (Å²) in [6.07, 6.45) is 2.94. The van der Waals surface area contributed by atoms with Crippen LogP contribution in [0.5, 0.6) is 0 Å². The van der Waals surface area contributed by atoms with Gasteiger partial charge < -0.3 is 11.1 Å². The summed E-state index contributed by atoms with van der Waals surface area (Å²) in [6, 6.07) is 0. The van der Waals surface area contributed by atoms with Gasteiger partial charge >= 0.3 is 0 Å². The van der Waals surface area contributed by atoms with E-state index in [1.54, 1.807) is 11.3 Å². The molecule has 0 bridgehead atoms. The van der Waals surface area contributed by atoms with E-state index in [1.165, 1.54) is 4.88 Å². The first-order chi connectivity index (χ1) is 8.61. The van der Waals surface area contributed by atoms with Crippen molar-refractivity contribution in [2.45, 2.75) is 40.3 Å². The molecule has 3 N–H and O–H groups in total. The number of nitrogen functional groups attached to an aromatic ring is 1. The smallest absolute Gasteiger partial charge is 0.148 e. The predicted octanol–water partition coefficient (Wildman–Crippen LogP) is 2.56. The van der Waals surface area contributed by atoms with Crippen molar-refractivity contribution in [2.24, 2.45) is 0 Å². The van der Waals surface area contributed by atoms with Gasteiger partial charge in [-0.05, 0) is 20.3 Å². The molecular formula is C12H19N5S. The van der Waals surface area contributed by atoms with E-state index < -0.39 is 0 Å². The number of rotatable bonds is 5. The highest BCUT2D eigenvalue weighted by Crippen LogP contribution is 2.23. The van der Waals surface area contributed by atoms with Crippen LogP contribution in [0.2, 0.25) is 0 Å². The molecule has 6 heteroatoms. The molecule has 2 rings (SSSR count). The molecule has 0 fully saturated rings. The molecule has 0 aliphatic carbocycles. The van der Waals surface area contributed by atoms with Crippen LogP contribution in [0.1, 0.15) is 28.9 Å². The van der Waals surface area contributed by atoms with Gasteiger partial charge in [-0.15, -0.1) is 11.3 Å². The number of nitrogens with two attached hydrogens (primary N) is 1. The van der Waals surface area contributed by atoms with Gasteiger partial charge in [0.15, 0.2) is 0 Å². The minimum atomic E-state index is 0.740. The Morgan fingerprint density at radius 1 is 1.44 bits per heavy atom. The lowest BCUT2D eigenvalue weighted by molar-refractivity contribution is 0.603. The van der Waals surface area contributed by atoms with Gasteiger partial charge in [0.1, 0.15) is 5.82 Å². The second-order valence-corrected chi connectivity index (χ2v) is 5.59. The van der Waals surface area contributed by atoms with Crippen LogP contribution in [0.4, 0.5) is 11.5 Å². The van der Waals surface area contributed by atoms with Gasteiger partial charge in [0, 0.05) is 17.6 Å². The van der Waals surface area contributed by atoms with Crippen molar-refractivity contribution >= 4 is 22.8 Å². The lowest BCUT2D eigenvalue weighted by atomic mass is 10.4. The van der Waals surface area contributed by atoms with Crippen LogP contribution >= 0.6 is 11.3 Å². The van der Waals surface area contributed by atoms with Crippen molar-refractivity contribution in [3.8, 4) is 0 Å². The molecule has 0 saturated carbocycles. The Bertz CT molecular complexity index is 529. The summed E-state index contributed by atoms with van der Waals surface area (Å²) in [4.78, 5) is 5.44. The monoisotopic (exact) mass is 265 g/mol. The average Bonchev–Trinajstić information content (AvgIpc) is 2.84. The third-order valence-electron chi connectivity index (χ3n) is 2.71. The molecule has 0 aromatic carbocycles. The van der Waals surface area contributed by atoms with Gasteiger partial charge in [-0.2, -0.15) is 5.10 Å². The molecule has 0 unspecified atom stereocenters. The van der Waals surface area contributed by atoms with Gasteiger partial charge in [0.2, 0.25) is 0 Å². The van der Waals surface area contributed by atoms with Crippen molar-refractivity contribution in [1.82, 2.24) is 14.8 Å². The fraction of sp³-hybridized carbons (Fsp3) is 0.500. The summed E-state index contributed by atoms with van der Waals surface area (Å²) >= 11 is 1.69. The molecule has 0 aliphatic rings. The number of aryl methyl sites for hydroxylation is 3. The van der Waals surface area contributed by atoms with Crippen LogP contribution in [-0.4, -0.2) is 14.8 Å². The highest BCUT2D eigenvalue weighted by molar-refractivity contribution is 7.11. The maximum absolute atomic E-state index is 6.04. The van der Waals surface area contributed by atoms with Gasteiger partial charge in [0.25, 0.3) is 0 Å². The molecule has 0 radical (unpaired) electrons. The standard InChI is InChI=1S/C12H19N5S/c1-4-5-17-12(11(13)8(2)16-17)15-7-10-6-14-9(3)18-10/h6,15H,4-5,7,13H2,1-3H3. The Labute approximate surface area is 111 Å². The molecule has 2 aromatic rings. The third kappa shape index (κ3) is 2.64. The molecule has 18 heavy (non-hydrogen) atoms. The van der Waals surface area contributed by atoms with Crippen molar-refractivity contribution in [2.75, 3.05) is 11.1 Å². The van der Waals surface area contributed by atoms with E-state index in [0.29, 0.717) is 0 Å². The van der Waals surface area contributed by atoms with Crippen molar-refractivity contribution in [3.05, 3.63) is 21.8 Å². The largest absolute Gasteiger partial charge is 0.394 e. The number of nitrogens with one attached hydrogen (secondary N) is 1.